The molecular formula is C18H19F2N5OS. The van der Waals surface area contributed by atoms with Gasteiger partial charge in [0.25, 0.3) is 0 Å². The number of rotatable bonds is 8. The van der Waals surface area contributed by atoms with Crippen molar-refractivity contribution in [3.05, 3.63) is 60.4 Å². The highest BCUT2D eigenvalue weighted by molar-refractivity contribution is 7.99. The number of aromatic nitrogens is 4. The fraction of sp³-hybridized carbons (Fsp3) is 0.278. The van der Waals surface area contributed by atoms with E-state index in [9.17, 15) is 13.6 Å². The van der Waals surface area contributed by atoms with Gasteiger partial charge in [0.1, 0.15) is 5.82 Å². The minimum atomic E-state index is -2.63. The average molecular weight is 391 g/mol. The molecule has 0 bridgehead atoms. The summed E-state index contributed by atoms with van der Waals surface area (Å²) in [6.07, 6.45) is 6.34. The van der Waals surface area contributed by atoms with Crippen LogP contribution in [0, 0.1) is 6.92 Å². The van der Waals surface area contributed by atoms with Crippen LogP contribution < -0.4 is 5.32 Å². The monoisotopic (exact) mass is 391 g/mol. The summed E-state index contributed by atoms with van der Waals surface area (Å²) in [5.74, 6) is 0.245. The molecule has 1 amide bonds. The van der Waals surface area contributed by atoms with Crippen LogP contribution in [0.5, 0.6) is 0 Å². The molecule has 0 saturated carbocycles. The fourth-order valence-electron chi connectivity index (χ4n) is 2.62. The molecule has 6 nitrogen and oxygen atoms in total. The Morgan fingerprint density at radius 2 is 2.00 bits per heavy atom. The normalized spacial score (nSPS) is 11.1. The highest BCUT2D eigenvalue weighted by Crippen LogP contribution is 2.22. The third-order valence-corrected chi connectivity index (χ3v) is 4.91. The number of aryl methyl sites for hydroxylation is 1. The summed E-state index contributed by atoms with van der Waals surface area (Å²) in [7, 11) is 0. The minimum Gasteiger partial charge on any atom is -0.355 e. The highest BCUT2D eigenvalue weighted by Gasteiger charge is 2.13. The topological polar surface area (TPSA) is 64.7 Å². The molecule has 3 rings (SSSR count). The van der Waals surface area contributed by atoms with E-state index >= 15 is 0 Å². The maximum atomic E-state index is 12.8. The molecule has 0 atom stereocenters. The number of benzene rings is 1. The van der Waals surface area contributed by atoms with Gasteiger partial charge < -0.3 is 5.32 Å². The maximum Gasteiger partial charge on any atom is 0.319 e. The number of halogens is 2. The molecule has 142 valence electrons. The number of hydrogen-bond acceptors (Lipinski definition) is 4. The molecule has 9 heteroatoms. The Bertz CT molecular complexity index is 909. The van der Waals surface area contributed by atoms with Gasteiger partial charge in [0.2, 0.25) is 5.91 Å². The molecule has 0 fully saturated rings. The second-order valence-electron chi connectivity index (χ2n) is 5.78. The first kappa shape index (κ1) is 19.1. The van der Waals surface area contributed by atoms with Crippen molar-refractivity contribution in [3.63, 3.8) is 0 Å². The van der Waals surface area contributed by atoms with E-state index in [2.05, 4.69) is 15.3 Å². The minimum absolute atomic E-state index is 0.186. The molecule has 0 aliphatic rings. The Labute approximate surface area is 159 Å². The number of nitrogens with zero attached hydrogens (tertiary/aromatic N) is 4. The highest BCUT2D eigenvalue weighted by atomic mass is 32.2. The van der Waals surface area contributed by atoms with Crippen molar-refractivity contribution < 1.29 is 13.6 Å². The van der Waals surface area contributed by atoms with Gasteiger partial charge >= 0.3 is 6.55 Å². The van der Waals surface area contributed by atoms with Crippen LogP contribution in [0.4, 0.5) is 8.78 Å². The van der Waals surface area contributed by atoms with E-state index in [1.807, 2.05) is 42.0 Å². The van der Waals surface area contributed by atoms with Crippen molar-refractivity contribution in [2.75, 3.05) is 12.3 Å². The summed E-state index contributed by atoms with van der Waals surface area (Å²) in [4.78, 5) is 20.3. The SMILES string of the molecule is Cc1ccccc1-n1ccnc1SCC(=O)NCCc1nccn1C(F)F. The number of carbonyl (C=O) groups excluding carboxylic acids is 1. The molecule has 0 saturated heterocycles. The molecule has 2 heterocycles. The standard InChI is InChI=1S/C18H19F2N5OS/c1-13-4-2-3-5-14(13)24-10-9-23-18(24)27-12-16(26)22-7-6-15-21-8-11-25(15)17(19)20/h2-5,8-11,17H,6-7,12H2,1H3,(H,22,26). The molecule has 0 spiro atoms. The number of hydrogen-bond donors (Lipinski definition) is 1. The van der Waals surface area contributed by atoms with Gasteiger partial charge in [-0.3, -0.25) is 13.9 Å². The van der Waals surface area contributed by atoms with Gasteiger partial charge in [0.05, 0.1) is 11.4 Å². The first-order valence-corrected chi connectivity index (χ1v) is 9.33. The van der Waals surface area contributed by atoms with Gasteiger partial charge in [0, 0.05) is 37.8 Å². The molecule has 0 radical (unpaired) electrons. The van der Waals surface area contributed by atoms with Crippen LogP contribution in [0.3, 0.4) is 0 Å². The lowest BCUT2D eigenvalue weighted by Gasteiger charge is -2.10. The van der Waals surface area contributed by atoms with E-state index in [0.717, 1.165) is 15.8 Å². The third-order valence-electron chi connectivity index (χ3n) is 3.94. The van der Waals surface area contributed by atoms with Crippen molar-refractivity contribution in [2.24, 2.45) is 0 Å². The average Bonchev–Trinajstić information content (AvgIpc) is 3.29. The van der Waals surface area contributed by atoms with Gasteiger partial charge in [-0.15, -0.1) is 0 Å². The van der Waals surface area contributed by atoms with E-state index in [0.29, 0.717) is 5.16 Å². The summed E-state index contributed by atoms with van der Waals surface area (Å²) < 4.78 is 28.2. The summed E-state index contributed by atoms with van der Waals surface area (Å²) in [5.41, 5.74) is 2.12. The zero-order valence-electron chi connectivity index (χ0n) is 14.7. The summed E-state index contributed by atoms with van der Waals surface area (Å²) in [5, 5.41) is 3.44. The predicted octanol–water partition coefficient (Wildman–Crippen LogP) is 3.22. The van der Waals surface area contributed by atoms with Crippen molar-refractivity contribution in [3.8, 4) is 5.69 Å². The van der Waals surface area contributed by atoms with E-state index in [-0.39, 0.29) is 30.5 Å². The molecular weight excluding hydrogens is 372 g/mol. The van der Waals surface area contributed by atoms with Gasteiger partial charge in [-0.1, -0.05) is 30.0 Å². The van der Waals surface area contributed by atoms with Crippen molar-refractivity contribution in [2.45, 2.75) is 25.1 Å². The quantitative estimate of drug-likeness (QED) is 0.599. The number of para-hydroxylation sites is 1. The number of alkyl halides is 2. The van der Waals surface area contributed by atoms with E-state index < -0.39 is 6.55 Å². The largest absolute Gasteiger partial charge is 0.355 e. The first-order valence-electron chi connectivity index (χ1n) is 8.35. The summed E-state index contributed by atoms with van der Waals surface area (Å²) in [6.45, 7) is -0.371. The molecule has 0 aliphatic heterocycles. The Hall–Kier alpha value is -2.68. The second kappa shape index (κ2) is 8.81. The van der Waals surface area contributed by atoms with E-state index in [4.69, 9.17) is 0 Å². The van der Waals surface area contributed by atoms with Gasteiger partial charge in [-0.25, -0.2) is 9.97 Å². The van der Waals surface area contributed by atoms with Crippen molar-refractivity contribution in [1.82, 2.24) is 24.4 Å². The fourth-order valence-corrected chi connectivity index (χ4v) is 3.42. The number of imidazole rings is 2. The molecule has 3 aromatic rings. The van der Waals surface area contributed by atoms with Gasteiger partial charge in [0.15, 0.2) is 5.16 Å². The number of nitrogens with one attached hydrogen (secondary N) is 1. The Balaban J connectivity index is 1.51. The predicted molar refractivity (Wildman–Crippen MR) is 99.2 cm³/mol. The lowest BCUT2D eigenvalue weighted by atomic mass is 10.2. The second-order valence-corrected chi connectivity index (χ2v) is 6.73. The van der Waals surface area contributed by atoms with Crippen LogP contribution in [0.2, 0.25) is 0 Å². The third kappa shape index (κ3) is 4.73. The number of amides is 1. The van der Waals surface area contributed by atoms with Crippen LogP contribution in [-0.2, 0) is 11.2 Å². The molecule has 1 aromatic carbocycles. The Morgan fingerprint density at radius 3 is 2.78 bits per heavy atom. The Kier molecular flexibility index (Phi) is 6.23. The summed E-state index contributed by atoms with van der Waals surface area (Å²) >= 11 is 1.32. The summed E-state index contributed by atoms with van der Waals surface area (Å²) in [6, 6.07) is 7.92. The van der Waals surface area contributed by atoms with Crippen LogP contribution in [0.25, 0.3) is 5.69 Å². The van der Waals surface area contributed by atoms with Crippen LogP contribution in [0.15, 0.2) is 54.2 Å². The van der Waals surface area contributed by atoms with E-state index in [1.165, 1.54) is 24.2 Å². The lowest BCUT2D eigenvalue weighted by Crippen LogP contribution is -2.28. The smallest absolute Gasteiger partial charge is 0.319 e. The van der Waals surface area contributed by atoms with Crippen molar-refractivity contribution in [1.29, 1.82) is 0 Å². The maximum absolute atomic E-state index is 12.8. The molecule has 27 heavy (non-hydrogen) atoms. The number of thioether (sulfide) groups is 1. The zero-order chi connectivity index (χ0) is 19.2. The lowest BCUT2D eigenvalue weighted by molar-refractivity contribution is -0.118. The van der Waals surface area contributed by atoms with Crippen molar-refractivity contribution >= 4 is 17.7 Å². The van der Waals surface area contributed by atoms with E-state index in [1.54, 1.807) is 6.20 Å². The molecule has 0 aliphatic carbocycles. The van der Waals surface area contributed by atoms with Gasteiger partial charge in [-0.05, 0) is 18.6 Å². The van der Waals surface area contributed by atoms with Gasteiger partial charge in [-0.2, -0.15) is 8.78 Å². The Morgan fingerprint density at radius 1 is 1.22 bits per heavy atom. The number of carbonyl (C=O) groups is 1. The molecule has 2 aromatic heterocycles. The zero-order valence-corrected chi connectivity index (χ0v) is 15.5. The van der Waals surface area contributed by atoms with Crippen LogP contribution in [-0.4, -0.2) is 37.3 Å². The van der Waals surface area contributed by atoms with Crippen LogP contribution >= 0.6 is 11.8 Å². The molecule has 1 N–H and O–H groups in total. The molecule has 0 unspecified atom stereocenters. The van der Waals surface area contributed by atoms with Crippen LogP contribution in [0.1, 0.15) is 17.9 Å². The first-order chi connectivity index (χ1) is 13.1.